The number of hydrogen-bond acceptors (Lipinski definition) is 1. The second-order valence-corrected chi connectivity index (χ2v) is 3.93. The van der Waals surface area contributed by atoms with Crippen LogP contribution in [0.15, 0.2) is 48.5 Å². The third-order valence-corrected chi connectivity index (χ3v) is 2.39. The van der Waals surface area contributed by atoms with E-state index >= 15 is 0 Å². The molecule has 0 bridgehead atoms. The number of benzene rings is 2. The summed E-state index contributed by atoms with van der Waals surface area (Å²) in [5, 5.41) is 0.716. The minimum absolute atomic E-state index is 0.490. The first-order chi connectivity index (χ1) is 7.74. The first-order valence-electron chi connectivity index (χ1n) is 4.97. The molecule has 16 heavy (non-hydrogen) atoms. The zero-order valence-electron chi connectivity index (χ0n) is 8.69. The lowest BCUT2D eigenvalue weighted by molar-refractivity contribution is 0.306. The van der Waals surface area contributed by atoms with Gasteiger partial charge in [0.2, 0.25) is 0 Å². The molecule has 0 saturated carbocycles. The Morgan fingerprint density at radius 3 is 2.62 bits per heavy atom. The molecule has 0 saturated heterocycles. The Morgan fingerprint density at radius 2 is 1.88 bits per heavy atom. The van der Waals surface area contributed by atoms with Gasteiger partial charge in [0.05, 0.1) is 0 Å². The number of ether oxygens (including phenoxy) is 1. The summed E-state index contributed by atoms with van der Waals surface area (Å²) in [7, 11) is 5.65. The van der Waals surface area contributed by atoms with Gasteiger partial charge in [-0.2, -0.15) is 0 Å². The predicted octanol–water partition coefficient (Wildman–Crippen LogP) is 2.71. The molecule has 0 aromatic heterocycles. The zero-order chi connectivity index (χ0) is 11.4. The Kier molecular flexibility index (Phi) is 3.52. The predicted molar refractivity (Wildman–Crippen MR) is 67.6 cm³/mol. The summed E-state index contributed by atoms with van der Waals surface area (Å²) < 4.78 is 5.59. The van der Waals surface area contributed by atoms with E-state index in [4.69, 9.17) is 24.2 Å². The second kappa shape index (κ2) is 5.08. The minimum atomic E-state index is 0.490. The van der Waals surface area contributed by atoms with Crippen LogP contribution in [-0.4, -0.2) is 7.85 Å². The van der Waals surface area contributed by atoms with Crippen molar-refractivity contribution in [3.05, 3.63) is 59.1 Å². The topological polar surface area (TPSA) is 9.23 Å². The summed E-state index contributed by atoms with van der Waals surface area (Å²) in [6.07, 6.45) is 0. The zero-order valence-corrected chi connectivity index (χ0v) is 9.45. The molecule has 0 heterocycles. The van der Waals surface area contributed by atoms with Crippen LogP contribution < -0.4 is 10.2 Å². The van der Waals surface area contributed by atoms with Gasteiger partial charge in [-0.15, -0.1) is 0 Å². The summed E-state index contributed by atoms with van der Waals surface area (Å²) in [4.78, 5) is 0. The van der Waals surface area contributed by atoms with Crippen molar-refractivity contribution in [1.29, 1.82) is 0 Å². The number of halogens is 1. The van der Waals surface area contributed by atoms with Gasteiger partial charge in [0.25, 0.3) is 0 Å². The molecule has 3 heteroatoms. The van der Waals surface area contributed by atoms with Crippen LogP contribution in [0.1, 0.15) is 5.56 Å². The lowest BCUT2D eigenvalue weighted by Crippen LogP contribution is -2.02. The van der Waals surface area contributed by atoms with Crippen molar-refractivity contribution in [3.63, 3.8) is 0 Å². The van der Waals surface area contributed by atoms with Gasteiger partial charge in [0, 0.05) is 5.02 Å². The van der Waals surface area contributed by atoms with Crippen LogP contribution >= 0.6 is 11.6 Å². The highest BCUT2D eigenvalue weighted by Crippen LogP contribution is 2.14. The Hall–Kier alpha value is -1.41. The summed E-state index contributed by atoms with van der Waals surface area (Å²) in [5.74, 6) is 0.764. The van der Waals surface area contributed by atoms with Crippen molar-refractivity contribution in [2.45, 2.75) is 6.61 Å². The lowest BCUT2D eigenvalue weighted by Gasteiger charge is -2.07. The molecule has 0 aliphatic carbocycles. The van der Waals surface area contributed by atoms with Gasteiger partial charge in [-0.25, -0.2) is 0 Å². The molecule has 0 aliphatic rings. The molecule has 0 aliphatic heterocycles. The molecular formula is C13H10BClO. The van der Waals surface area contributed by atoms with Crippen LogP contribution in [0.4, 0.5) is 0 Å². The monoisotopic (exact) mass is 228 g/mol. The number of hydrogen-bond donors (Lipinski definition) is 0. The SMILES string of the molecule is [B]c1cccc(OCc2cccc(Cl)c2)c1. The quantitative estimate of drug-likeness (QED) is 0.734. The van der Waals surface area contributed by atoms with Gasteiger partial charge in [-0.05, 0) is 29.8 Å². The molecule has 0 spiro atoms. The van der Waals surface area contributed by atoms with E-state index in [0.29, 0.717) is 17.1 Å². The van der Waals surface area contributed by atoms with Crippen LogP contribution in [0.2, 0.25) is 5.02 Å². The van der Waals surface area contributed by atoms with Crippen molar-refractivity contribution < 1.29 is 4.74 Å². The highest BCUT2D eigenvalue weighted by molar-refractivity contribution is 6.32. The normalized spacial score (nSPS) is 10.1. The van der Waals surface area contributed by atoms with E-state index in [1.165, 1.54) is 0 Å². The summed E-state index contributed by atoms with van der Waals surface area (Å²) in [5.41, 5.74) is 1.73. The fourth-order valence-electron chi connectivity index (χ4n) is 1.40. The van der Waals surface area contributed by atoms with Gasteiger partial charge in [-0.3, -0.25) is 0 Å². The third-order valence-electron chi connectivity index (χ3n) is 2.15. The summed E-state index contributed by atoms with van der Waals surface area (Å²) in [6.45, 7) is 0.490. The van der Waals surface area contributed by atoms with Crippen molar-refractivity contribution in [2.75, 3.05) is 0 Å². The van der Waals surface area contributed by atoms with E-state index in [1.807, 2.05) is 42.5 Å². The first-order valence-corrected chi connectivity index (χ1v) is 5.34. The van der Waals surface area contributed by atoms with E-state index < -0.39 is 0 Å². The highest BCUT2D eigenvalue weighted by atomic mass is 35.5. The standard InChI is InChI=1S/C13H10BClO/c14-11-4-2-6-13(8-11)16-9-10-3-1-5-12(15)7-10/h1-8H,9H2. The lowest BCUT2D eigenvalue weighted by atomic mass is 9.96. The van der Waals surface area contributed by atoms with Crippen LogP contribution in [-0.2, 0) is 6.61 Å². The average molecular weight is 228 g/mol. The summed E-state index contributed by atoms with van der Waals surface area (Å²) >= 11 is 5.88. The Labute approximate surface area is 101 Å². The Balaban J connectivity index is 2.02. The maximum absolute atomic E-state index is 5.88. The molecule has 0 amide bonds. The molecule has 0 fully saturated rings. The molecular weight excluding hydrogens is 218 g/mol. The first kappa shape index (κ1) is 11.1. The van der Waals surface area contributed by atoms with Crippen molar-refractivity contribution in [1.82, 2.24) is 0 Å². The van der Waals surface area contributed by atoms with Crippen LogP contribution in [0.25, 0.3) is 0 Å². The van der Waals surface area contributed by atoms with E-state index in [-0.39, 0.29) is 0 Å². The Bertz CT molecular complexity index is 439. The van der Waals surface area contributed by atoms with Crippen LogP contribution in [0.3, 0.4) is 0 Å². The van der Waals surface area contributed by atoms with E-state index in [0.717, 1.165) is 11.3 Å². The molecule has 0 atom stereocenters. The number of rotatable bonds is 3. The van der Waals surface area contributed by atoms with Crippen LogP contribution in [0.5, 0.6) is 5.75 Å². The largest absolute Gasteiger partial charge is 0.489 e. The van der Waals surface area contributed by atoms with Crippen molar-refractivity contribution in [3.8, 4) is 5.75 Å². The molecule has 1 nitrogen and oxygen atoms in total. The smallest absolute Gasteiger partial charge is 0.119 e. The Morgan fingerprint density at radius 1 is 1.06 bits per heavy atom. The highest BCUT2D eigenvalue weighted by Gasteiger charge is 1.96. The average Bonchev–Trinajstić information content (AvgIpc) is 2.27. The molecule has 2 aromatic rings. The van der Waals surface area contributed by atoms with Crippen molar-refractivity contribution in [2.24, 2.45) is 0 Å². The second-order valence-electron chi connectivity index (χ2n) is 3.49. The van der Waals surface area contributed by atoms with E-state index in [1.54, 1.807) is 6.07 Å². The van der Waals surface area contributed by atoms with Gasteiger partial charge in [-0.1, -0.05) is 41.3 Å². The molecule has 2 radical (unpaired) electrons. The molecule has 2 rings (SSSR count). The molecule has 0 unspecified atom stereocenters. The van der Waals surface area contributed by atoms with E-state index in [2.05, 4.69) is 0 Å². The van der Waals surface area contributed by atoms with Gasteiger partial charge >= 0.3 is 0 Å². The fourth-order valence-corrected chi connectivity index (χ4v) is 1.61. The van der Waals surface area contributed by atoms with Crippen LogP contribution in [0, 0.1) is 0 Å². The van der Waals surface area contributed by atoms with Gasteiger partial charge in [0.15, 0.2) is 0 Å². The molecule has 2 aromatic carbocycles. The fraction of sp³-hybridized carbons (Fsp3) is 0.0769. The van der Waals surface area contributed by atoms with Gasteiger partial charge in [0.1, 0.15) is 20.2 Å². The minimum Gasteiger partial charge on any atom is -0.489 e. The third kappa shape index (κ3) is 3.04. The van der Waals surface area contributed by atoms with E-state index in [9.17, 15) is 0 Å². The maximum atomic E-state index is 5.88. The maximum Gasteiger partial charge on any atom is 0.119 e. The van der Waals surface area contributed by atoms with Gasteiger partial charge < -0.3 is 4.74 Å². The molecule has 78 valence electrons. The van der Waals surface area contributed by atoms with Crippen molar-refractivity contribution >= 4 is 24.9 Å². The molecule has 0 N–H and O–H groups in total. The summed E-state index contributed by atoms with van der Waals surface area (Å²) in [6, 6.07) is 15.0.